The molecule has 0 spiro atoms. The van der Waals surface area contributed by atoms with Gasteiger partial charge < -0.3 is 21.1 Å². The van der Waals surface area contributed by atoms with E-state index in [4.69, 9.17) is 10.8 Å². The van der Waals surface area contributed by atoms with Crippen molar-refractivity contribution in [1.29, 1.82) is 0 Å². The van der Waals surface area contributed by atoms with Crippen LogP contribution in [0.3, 0.4) is 0 Å². The summed E-state index contributed by atoms with van der Waals surface area (Å²) in [5, 5.41) is 11.6. The van der Waals surface area contributed by atoms with Gasteiger partial charge in [-0.25, -0.2) is 9.59 Å². The minimum atomic E-state index is -1.12. The maximum absolute atomic E-state index is 12.0. The first-order valence-electron chi connectivity index (χ1n) is 6.05. The van der Waals surface area contributed by atoms with Crippen LogP contribution in [0.5, 0.6) is 0 Å². The third-order valence-electron chi connectivity index (χ3n) is 2.59. The lowest BCUT2D eigenvalue weighted by atomic mass is 9.87. The van der Waals surface area contributed by atoms with Crippen LogP contribution in [0, 0.1) is 5.41 Å². The van der Waals surface area contributed by atoms with Gasteiger partial charge in [-0.15, -0.1) is 0 Å². The predicted octanol–water partition coefficient (Wildman–Crippen LogP) is 0.391. The number of nitrogens with two attached hydrogens (primary N) is 1. The highest BCUT2D eigenvalue weighted by Crippen LogP contribution is 2.19. The van der Waals surface area contributed by atoms with Crippen molar-refractivity contribution < 1.29 is 19.5 Å². The molecule has 110 valence electrons. The van der Waals surface area contributed by atoms with Gasteiger partial charge in [0.05, 0.1) is 0 Å². The Bertz CT molecular complexity index is 360. The van der Waals surface area contributed by atoms with Crippen molar-refractivity contribution in [3.05, 3.63) is 0 Å². The number of rotatable bonds is 5. The molecular formula is C12H23N3O4. The van der Waals surface area contributed by atoms with Gasteiger partial charge in [0.15, 0.2) is 0 Å². The molecule has 7 nitrogen and oxygen atoms in total. The first-order chi connectivity index (χ1) is 8.46. The fourth-order valence-corrected chi connectivity index (χ4v) is 1.51. The highest BCUT2D eigenvalue weighted by atomic mass is 16.4. The predicted molar refractivity (Wildman–Crippen MR) is 70.4 cm³/mol. The summed E-state index contributed by atoms with van der Waals surface area (Å²) in [5.74, 6) is -1.77. The second-order valence-corrected chi connectivity index (χ2v) is 5.77. The van der Waals surface area contributed by atoms with Crippen molar-refractivity contribution in [2.24, 2.45) is 11.1 Å². The summed E-state index contributed by atoms with van der Waals surface area (Å²) in [7, 11) is 0. The monoisotopic (exact) mass is 273 g/mol. The van der Waals surface area contributed by atoms with E-state index in [9.17, 15) is 14.4 Å². The van der Waals surface area contributed by atoms with E-state index in [1.807, 2.05) is 0 Å². The molecule has 0 saturated carbocycles. The third-order valence-corrected chi connectivity index (χ3v) is 2.59. The summed E-state index contributed by atoms with van der Waals surface area (Å²) in [4.78, 5) is 35.3. The SMILES string of the molecule is CC(C)N(CC(N)=O)C(=O)N[C@H](C(=O)O)C(C)(C)C. The van der Waals surface area contributed by atoms with Gasteiger partial charge in [-0.1, -0.05) is 20.8 Å². The lowest BCUT2D eigenvalue weighted by Crippen LogP contribution is -2.55. The van der Waals surface area contributed by atoms with Crippen molar-refractivity contribution in [2.45, 2.75) is 46.7 Å². The molecule has 0 heterocycles. The average Bonchev–Trinajstić information content (AvgIpc) is 2.19. The summed E-state index contributed by atoms with van der Waals surface area (Å²) in [6.45, 7) is 8.31. The van der Waals surface area contributed by atoms with E-state index in [2.05, 4.69) is 5.32 Å². The number of hydrogen-bond acceptors (Lipinski definition) is 3. The van der Waals surface area contributed by atoms with Crippen LogP contribution in [0.4, 0.5) is 4.79 Å². The first kappa shape index (κ1) is 17.2. The van der Waals surface area contributed by atoms with Crippen molar-refractivity contribution in [3.63, 3.8) is 0 Å². The van der Waals surface area contributed by atoms with E-state index in [1.165, 1.54) is 4.90 Å². The van der Waals surface area contributed by atoms with E-state index in [0.29, 0.717) is 0 Å². The molecule has 3 amide bonds. The molecule has 0 fully saturated rings. The molecule has 0 aliphatic heterocycles. The van der Waals surface area contributed by atoms with Crippen LogP contribution in [0.1, 0.15) is 34.6 Å². The van der Waals surface area contributed by atoms with Gasteiger partial charge in [-0.3, -0.25) is 4.79 Å². The van der Waals surface area contributed by atoms with Crippen molar-refractivity contribution in [1.82, 2.24) is 10.2 Å². The van der Waals surface area contributed by atoms with Crippen molar-refractivity contribution >= 4 is 17.9 Å². The molecule has 0 aromatic rings. The second-order valence-electron chi connectivity index (χ2n) is 5.77. The number of aliphatic carboxylic acids is 1. The molecule has 4 N–H and O–H groups in total. The summed E-state index contributed by atoms with van der Waals surface area (Å²) in [6.07, 6.45) is 0. The van der Waals surface area contributed by atoms with Gasteiger partial charge in [-0.05, 0) is 19.3 Å². The quantitative estimate of drug-likeness (QED) is 0.672. The Kier molecular flexibility index (Phi) is 5.80. The fourth-order valence-electron chi connectivity index (χ4n) is 1.51. The number of hydrogen-bond donors (Lipinski definition) is 3. The normalized spacial score (nSPS) is 12.9. The fraction of sp³-hybridized carbons (Fsp3) is 0.750. The molecule has 0 rings (SSSR count). The molecule has 0 radical (unpaired) electrons. The minimum Gasteiger partial charge on any atom is -0.480 e. The molecule has 1 atom stereocenters. The number of carbonyl (C=O) groups is 3. The van der Waals surface area contributed by atoms with Crippen LogP contribution >= 0.6 is 0 Å². The van der Waals surface area contributed by atoms with Crippen LogP contribution in [0.2, 0.25) is 0 Å². The van der Waals surface area contributed by atoms with E-state index in [-0.39, 0.29) is 12.6 Å². The Balaban J connectivity index is 4.97. The second kappa shape index (κ2) is 6.40. The summed E-state index contributed by atoms with van der Waals surface area (Å²) >= 11 is 0. The number of nitrogens with zero attached hydrogens (tertiary/aromatic N) is 1. The van der Waals surface area contributed by atoms with Crippen LogP contribution in [-0.2, 0) is 9.59 Å². The average molecular weight is 273 g/mol. The minimum absolute atomic E-state index is 0.250. The smallest absolute Gasteiger partial charge is 0.326 e. The van der Waals surface area contributed by atoms with E-state index in [0.717, 1.165) is 0 Å². The van der Waals surface area contributed by atoms with Crippen molar-refractivity contribution in [3.8, 4) is 0 Å². The maximum Gasteiger partial charge on any atom is 0.326 e. The maximum atomic E-state index is 12.0. The molecule has 0 aromatic heterocycles. The molecule has 0 saturated heterocycles. The Hall–Kier alpha value is -1.79. The topological polar surface area (TPSA) is 113 Å². The van der Waals surface area contributed by atoms with Crippen LogP contribution in [-0.4, -0.2) is 46.5 Å². The van der Waals surface area contributed by atoms with Crippen molar-refractivity contribution in [2.75, 3.05) is 6.54 Å². The van der Waals surface area contributed by atoms with E-state index in [1.54, 1.807) is 34.6 Å². The molecular weight excluding hydrogens is 250 g/mol. The lowest BCUT2D eigenvalue weighted by Gasteiger charge is -2.32. The Morgan fingerprint density at radius 2 is 1.74 bits per heavy atom. The molecule has 0 bridgehead atoms. The van der Waals surface area contributed by atoms with E-state index < -0.39 is 29.4 Å². The Morgan fingerprint density at radius 3 is 2.00 bits per heavy atom. The third kappa shape index (κ3) is 5.58. The zero-order chi connectivity index (χ0) is 15.4. The number of carbonyl (C=O) groups excluding carboxylic acids is 2. The van der Waals surface area contributed by atoms with Crippen LogP contribution in [0.25, 0.3) is 0 Å². The van der Waals surface area contributed by atoms with Gasteiger partial charge in [0.1, 0.15) is 12.6 Å². The van der Waals surface area contributed by atoms with E-state index >= 15 is 0 Å². The van der Waals surface area contributed by atoms with Gasteiger partial charge in [0.2, 0.25) is 5.91 Å². The molecule has 7 heteroatoms. The molecule has 0 unspecified atom stereocenters. The van der Waals surface area contributed by atoms with Crippen LogP contribution < -0.4 is 11.1 Å². The van der Waals surface area contributed by atoms with Gasteiger partial charge in [-0.2, -0.15) is 0 Å². The van der Waals surface area contributed by atoms with Gasteiger partial charge in [0.25, 0.3) is 0 Å². The highest BCUT2D eigenvalue weighted by Gasteiger charge is 2.34. The number of carboxylic acid groups (broad SMARTS) is 1. The summed E-state index contributed by atoms with van der Waals surface area (Å²) in [5.41, 5.74) is 4.43. The number of carboxylic acids is 1. The number of primary amides is 1. The number of amides is 3. The first-order valence-corrected chi connectivity index (χ1v) is 6.05. The number of urea groups is 1. The summed E-state index contributed by atoms with van der Waals surface area (Å²) in [6, 6.07) is -1.92. The molecule has 19 heavy (non-hydrogen) atoms. The highest BCUT2D eigenvalue weighted by molar-refractivity contribution is 5.86. The molecule has 0 aliphatic carbocycles. The van der Waals surface area contributed by atoms with Crippen LogP contribution in [0.15, 0.2) is 0 Å². The zero-order valence-corrected chi connectivity index (χ0v) is 12.1. The molecule has 0 aromatic carbocycles. The standard InChI is InChI=1S/C12H23N3O4/c1-7(2)15(6-8(13)16)11(19)14-9(10(17)18)12(3,4)5/h7,9H,6H2,1-5H3,(H2,13,16)(H,14,19)(H,17,18)/t9-/m1/s1. The summed E-state index contributed by atoms with van der Waals surface area (Å²) < 4.78 is 0. The Labute approximate surface area is 113 Å². The lowest BCUT2D eigenvalue weighted by molar-refractivity contribution is -0.142. The Morgan fingerprint density at radius 1 is 1.26 bits per heavy atom. The largest absolute Gasteiger partial charge is 0.480 e. The number of nitrogens with one attached hydrogen (secondary N) is 1. The molecule has 0 aliphatic rings. The van der Waals surface area contributed by atoms with Gasteiger partial charge >= 0.3 is 12.0 Å². The zero-order valence-electron chi connectivity index (χ0n) is 12.1. The van der Waals surface area contributed by atoms with Gasteiger partial charge in [0, 0.05) is 6.04 Å².